The van der Waals surface area contributed by atoms with Gasteiger partial charge < -0.3 is 5.32 Å². The van der Waals surface area contributed by atoms with Crippen molar-refractivity contribution in [2.75, 3.05) is 0 Å². The Bertz CT molecular complexity index is 523. The lowest BCUT2D eigenvalue weighted by Gasteiger charge is -2.08. The van der Waals surface area contributed by atoms with Crippen LogP contribution in [0.25, 0.3) is 0 Å². The first-order valence-electron chi connectivity index (χ1n) is 6.90. The van der Waals surface area contributed by atoms with E-state index in [9.17, 15) is 0 Å². The summed E-state index contributed by atoms with van der Waals surface area (Å²) in [4.78, 5) is 4.18. The molecular weight excluding hydrogens is 240 g/mol. The Morgan fingerprint density at radius 2 is 2.11 bits per heavy atom. The zero-order valence-electron chi connectivity index (χ0n) is 11.3. The predicted molar refractivity (Wildman–Crippen MR) is 71.3 cm³/mol. The summed E-state index contributed by atoms with van der Waals surface area (Å²) in [5.74, 6) is 0.817. The molecule has 1 aliphatic rings. The van der Waals surface area contributed by atoms with Gasteiger partial charge in [0.05, 0.1) is 18.3 Å². The fourth-order valence-corrected chi connectivity index (χ4v) is 2.61. The standard InChI is InChI=1S/C13H20N6/c1-18-10-15-13(17-18)9-14-8-11-6-7-19(16-11)12-4-2-3-5-12/h6-7,10,12,14H,2-5,8-9H2,1H3. The van der Waals surface area contributed by atoms with Crippen LogP contribution in [0.3, 0.4) is 0 Å². The molecule has 1 saturated carbocycles. The Kier molecular flexibility index (Phi) is 3.59. The first kappa shape index (κ1) is 12.3. The van der Waals surface area contributed by atoms with Crippen LogP contribution in [0.15, 0.2) is 18.6 Å². The van der Waals surface area contributed by atoms with Gasteiger partial charge in [0.1, 0.15) is 6.33 Å². The summed E-state index contributed by atoms with van der Waals surface area (Å²) in [6.07, 6.45) is 9.03. The smallest absolute Gasteiger partial charge is 0.164 e. The zero-order valence-corrected chi connectivity index (χ0v) is 11.3. The number of hydrogen-bond acceptors (Lipinski definition) is 4. The average Bonchev–Trinajstić information content (AvgIpc) is 3.09. The van der Waals surface area contributed by atoms with Gasteiger partial charge in [-0.15, -0.1) is 0 Å². The van der Waals surface area contributed by atoms with Crippen molar-refractivity contribution in [1.29, 1.82) is 0 Å². The fraction of sp³-hybridized carbons (Fsp3) is 0.615. The molecule has 19 heavy (non-hydrogen) atoms. The maximum atomic E-state index is 4.64. The molecule has 6 nitrogen and oxygen atoms in total. The topological polar surface area (TPSA) is 60.6 Å². The van der Waals surface area contributed by atoms with E-state index >= 15 is 0 Å². The van der Waals surface area contributed by atoms with Crippen molar-refractivity contribution in [1.82, 2.24) is 29.9 Å². The van der Waals surface area contributed by atoms with Crippen molar-refractivity contribution in [2.24, 2.45) is 7.05 Å². The second kappa shape index (κ2) is 5.52. The maximum Gasteiger partial charge on any atom is 0.164 e. The highest BCUT2D eigenvalue weighted by Crippen LogP contribution is 2.28. The van der Waals surface area contributed by atoms with Crippen LogP contribution in [0.5, 0.6) is 0 Å². The van der Waals surface area contributed by atoms with E-state index in [0.717, 1.165) is 18.1 Å². The normalized spacial score (nSPS) is 16.3. The maximum absolute atomic E-state index is 4.64. The van der Waals surface area contributed by atoms with Crippen LogP contribution in [-0.2, 0) is 20.1 Å². The minimum atomic E-state index is 0.617. The fourth-order valence-electron chi connectivity index (χ4n) is 2.61. The number of aromatic nitrogens is 5. The van der Waals surface area contributed by atoms with E-state index in [1.807, 2.05) is 7.05 Å². The lowest BCUT2D eigenvalue weighted by Crippen LogP contribution is -2.15. The van der Waals surface area contributed by atoms with Crippen molar-refractivity contribution < 1.29 is 0 Å². The Morgan fingerprint density at radius 1 is 1.26 bits per heavy atom. The molecule has 0 bridgehead atoms. The van der Waals surface area contributed by atoms with Gasteiger partial charge >= 0.3 is 0 Å². The summed E-state index contributed by atoms with van der Waals surface area (Å²) in [7, 11) is 1.87. The highest BCUT2D eigenvalue weighted by Gasteiger charge is 2.17. The van der Waals surface area contributed by atoms with E-state index in [1.54, 1.807) is 11.0 Å². The SMILES string of the molecule is Cn1cnc(CNCc2ccn(C3CCCC3)n2)n1. The highest BCUT2D eigenvalue weighted by molar-refractivity contribution is 5.00. The molecule has 2 aromatic heterocycles. The molecule has 0 spiro atoms. The quantitative estimate of drug-likeness (QED) is 0.883. The Balaban J connectivity index is 1.50. The van der Waals surface area contributed by atoms with Crippen molar-refractivity contribution in [3.63, 3.8) is 0 Å². The minimum Gasteiger partial charge on any atom is -0.304 e. The molecule has 3 rings (SSSR count). The first-order valence-corrected chi connectivity index (χ1v) is 6.90. The molecule has 0 saturated heterocycles. The highest BCUT2D eigenvalue weighted by atomic mass is 15.3. The van der Waals surface area contributed by atoms with Crippen molar-refractivity contribution in [3.05, 3.63) is 30.1 Å². The first-order chi connectivity index (χ1) is 9.31. The molecule has 1 N–H and O–H groups in total. The zero-order chi connectivity index (χ0) is 13.1. The number of aryl methyl sites for hydroxylation is 1. The number of nitrogens with one attached hydrogen (secondary N) is 1. The lowest BCUT2D eigenvalue weighted by molar-refractivity contribution is 0.460. The molecule has 0 aromatic carbocycles. The van der Waals surface area contributed by atoms with Gasteiger partial charge in [0.25, 0.3) is 0 Å². The molecule has 1 fully saturated rings. The number of nitrogens with zero attached hydrogens (tertiary/aromatic N) is 5. The van der Waals surface area contributed by atoms with Gasteiger partial charge in [0, 0.05) is 19.8 Å². The van der Waals surface area contributed by atoms with Crippen molar-refractivity contribution >= 4 is 0 Å². The Labute approximate surface area is 112 Å². The van der Waals surface area contributed by atoms with E-state index in [0.29, 0.717) is 12.6 Å². The van der Waals surface area contributed by atoms with E-state index < -0.39 is 0 Å². The molecule has 2 aromatic rings. The summed E-state index contributed by atoms with van der Waals surface area (Å²) in [6, 6.07) is 2.71. The summed E-state index contributed by atoms with van der Waals surface area (Å²) in [5.41, 5.74) is 1.09. The van der Waals surface area contributed by atoms with E-state index in [4.69, 9.17) is 0 Å². The predicted octanol–water partition coefficient (Wildman–Crippen LogP) is 1.42. The summed E-state index contributed by atoms with van der Waals surface area (Å²) in [6.45, 7) is 1.44. The summed E-state index contributed by atoms with van der Waals surface area (Å²) < 4.78 is 3.84. The van der Waals surface area contributed by atoms with Crippen LogP contribution < -0.4 is 5.32 Å². The third-order valence-corrected chi connectivity index (χ3v) is 3.60. The lowest BCUT2D eigenvalue weighted by atomic mass is 10.3. The molecule has 0 aliphatic heterocycles. The third-order valence-electron chi connectivity index (χ3n) is 3.60. The Hall–Kier alpha value is -1.69. The van der Waals surface area contributed by atoms with Crippen LogP contribution in [-0.4, -0.2) is 24.5 Å². The van der Waals surface area contributed by atoms with Gasteiger partial charge in [0.15, 0.2) is 5.82 Å². The van der Waals surface area contributed by atoms with Crippen molar-refractivity contribution in [2.45, 2.75) is 44.8 Å². The van der Waals surface area contributed by atoms with Crippen LogP contribution in [0.4, 0.5) is 0 Å². The molecule has 102 valence electrons. The second-order valence-corrected chi connectivity index (χ2v) is 5.16. The third kappa shape index (κ3) is 3.01. The summed E-state index contributed by atoms with van der Waals surface area (Å²) in [5, 5.41) is 12.2. The van der Waals surface area contributed by atoms with Gasteiger partial charge in [-0.2, -0.15) is 10.2 Å². The van der Waals surface area contributed by atoms with Crippen LogP contribution in [0.1, 0.15) is 43.2 Å². The van der Waals surface area contributed by atoms with E-state index in [-0.39, 0.29) is 0 Å². The van der Waals surface area contributed by atoms with Gasteiger partial charge in [-0.3, -0.25) is 9.36 Å². The van der Waals surface area contributed by atoms with Crippen LogP contribution in [0, 0.1) is 0 Å². The van der Waals surface area contributed by atoms with Gasteiger partial charge in [0.2, 0.25) is 0 Å². The van der Waals surface area contributed by atoms with Gasteiger partial charge in [-0.05, 0) is 18.9 Å². The Morgan fingerprint density at radius 3 is 2.84 bits per heavy atom. The molecular formula is C13H20N6. The van der Waals surface area contributed by atoms with E-state index in [2.05, 4.69) is 37.4 Å². The molecule has 0 atom stereocenters. The van der Waals surface area contributed by atoms with Gasteiger partial charge in [-0.25, -0.2) is 4.98 Å². The molecule has 0 radical (unpaired) electrons. The number of rotatable bonds is 5. The largest absolute Gasteiger partial charge is 0.304 e. The molecule has 0 unspecified atom stereocenters. The molecule has 6 heteroatoms. The van der Waals surface area contributed by atoms with Crippen molar-refractivity contribution in [3.8, 4) is 0 Å². The average molecular weight is 260 g/mol. The molecule has 1 aliphatic carbocycles. The number of hydrogen-bond donors (Lipinski definition) is 1. The molecule has 0 amide bonds. The minimum absolute atomic E-state index is 0.617. The molecule has 2 heterocycles. The monoisotopic (exact) mass is 260 g/mol. The second-order valence-electron chi connectivity index (χ2n) is 5.16. The van der Waals surface area contributed by atoms with Gasteiger partial charge in [-0.1, -0.05) is 12.8 Å². The van der Waals surface area contributed by atoms with Crippen LogP contribution in [0.2, 0.25) is 0 Å². The summed E-state index contributed by atoms with van der Waals surface area (Å²) >= 11 is 0. The van der Waals surface area contributed by atoms with E-state index in [1.165, 1.54) is 25.7 Å². The van der Waals surface area contributed by atoms with Crippen LogP contribution >= 0.6 is 0 Å².